The third-order valence-corrected chi connectivity index (χ3v) is 10.2. The van der Waals surface area contributed by atoms with Gasteiger partial charge in [-0.25, -0.2) is 0 Å². The summed E-state index contributed by atoms with van der Waals surface area (Å²) in [6.07, 6.45) is 0. The third kappa shape index (κ3) is 3.69. The Hall–Kier alpha value is -3.74. The molecule has 0 saturated carbocycles. The van der Waals surface area contributed by atoms with E-state index in [-0.39, 0.29) is 0 Å². The predicted molar refractivity (Wildman–Crippen MR) is 165 cm³/mol. The van der Waals surface area contributed by atoms with Crippen molar-refractivity contribution in [3.8, 4) is 20.9 Å². The van der Waals surface area contributed by atoms with Crippen LogP contribution in [0.3, 0.4) is 0 Å². The maximum Gasteiger partial charge on any atom is 0.150 e. The maximum atomic E-state index is 12.8. The Balaban J connectivity index is 1.46. The summed E-state index contributed by atoms with van der Waals surface area (Å²) in [5, 5.41) is 25.6. The van der Waals surface area contributed by atoms with E-state index >= 15 is 0 Å². The van der Waals surface area contributed by atoms with Gasteiger partial charge in [-0.2, -0.15) is 0 Å². The highest BCUT2D eigenvalue weighted by molar-refractivity contribution is 7.16. The normalized spacial score (nSPS) is 19.8. The second kappa shape index (κ2) is 9.18. The molecule has 0 radical (unpaired) electrons. The Morgan fingerprint density at radius 2 is 0.897 bits per heavy atom. The molecular formula is C34H25BO2S2. The van der Waals surface area contributed by atoms with Crippen LogP contribution in [0.15, 0.2) is 127 Å². The summed E-state index contributed by atoms with van der Waals surface area (Å²) in [6, 6.07) is 42.5. The van der Waals surface area contributed by atoms with Gasteiger partial charge < -0.3 is 10.2 Å². The van der Waals surface area contributed by atoms with Gasteiger partial charge in [0, 0.05) is 36.2 Å². The van der Waals surface area contributed by atoms with Gasteiger partial charge in [-0.3, -0.25) is 0 Å². The lowest BCUT2D eigenvalue weighted by atomic mass is 9.65. The van der Waals surface area contributed by atoms with Crippen LogP contribution in [0.25, 0.3) is 20.9 Å². The molecule has 0 amide bonds. The van der Waals surface area contributed by atoms with E-state index in [1.807, 2.05) is 98.8 Å². The first-order chi connectivity index (χ1) is 19.0. The first-order valence-corrected chi connectivity index (χ1v) is 14.6. The van der Waals surface area contributed by atoms with E-state index < -0.39 is 11.2 Å². The van der Waals surface area contributed by atoms with Crippen LogP contribution in [0.4, 0.5) is 0 Å². The largest absolute Gasteiger partial charge is 0.375 e. The van der Waals surface area contributed by atoms with E-state index in [4.69, 9.17) is 0 Å². The Labute approximate surface area is 236 Å². The average molecular weight is 541 g/mol. The van der Waals surface area contributed by atoms with Crippen molar-refractivity contribution in [3.63, 3.8) is 0 Å². The summed E-state index contributed by atoms with van der Waals surface area (Å²) in [5.74, 6) is 0. The molecule has 0 fully saturated rings. The number of benzene rings is 4. The molecule has 2 aromatic heterocycles. The molecule has 5 heteroatoms. The minimum atomic E-state index is -1.40. The number of aliphatic hydroxyl groups is 2. The highest BCUT2D eigenvalue weighted by atomic mass is 32.1. The van der Waals surface area contributed by atoms with Crippen molar-refractivity contribution in [1.29, 1.82) is 0 Å². The van der Waals surface area contributed by atoms with Crippen molar-refractivity contribution in [2.45, 2.75) is 11.2 Å². The molecule has 0 aliphatic heterocycles. The Kier molecular flexibility index (Phi) is 5.72. The topological polar surface area (TPSA) is 40.5 Å². The van der Waals surface area contributed by atoms with E-state index in [1.54, 1.807) is 22.7 Å². The molecule has 0 spiro atoms. The lowest BCUT2D eigenvalue weighted by Crippen LogP contribution is -2.44. The zero-order chi connectivity index (χ0) is 26.6. The standard InChI is InChI=1S/C34H25BO2S2/c35-24-15-16-27-28(21-24)34(37,32-20-18-30(39-32)23-11-5-2-6-12-23)26-14-8-7-13-25(26)33(27,36)31-19-17-29(38-31)22-9-3-1-4-10-22/h1-21,36-37H,35H2. The fourth-order valence-corrected chi connectivity index (χ4v) is 8.05. The predicted octanol–water partition coefficient (Wildman–Crippen LogP) is 6.28. The molecular weight excluding hydrogens is 515 g/mol. The second-order valence-electron chi connectivity index (χ2n) is 10.1. The van der Waals surface area contributed by atoms with Crippen molar-refractivity contribution < 1.29 is 10.2 Å². The van der Waals surface area contributed by atoms with Gasteiger partial charge in [-0.15, -0.1) is 22.7 Å². The molecule has 4 aromatic carbocycles. The van der Waals surface area contributed by atoms with Crippen LogP contribution in [-0.4, -0.2) is 18.1 Å². The summed E-state index contributed by atoms with van der Waals surface area (Å²) in [5.41, 5.74) is 3.32. The molecule has 1 aliphatic carbocycles. The number of hydrogen-bond donors (Lipinski definition) is 2. The maximum absolute atomic E-state index is 12.8. The summed E-state index contributed by atoms with van der Waals surface area (Å²) < 4.78 is 0. The highest BCUT2D eigenvalue weighted by Gasteiger charge is 2.52. The Morgan fingerprint density at radius 1 is 0.462 bits per heavy atom. The van der Waals surface area contributed by atoms with Gasteiger partial charge in [0.05, 0.1) is 0 Å². The van der Waals surface area contributed by atoms with Crippen molar-refractivity contribution in [1.82, 2.24) is 0 Å². The molecule has 188 valence electrons. The molecule has 0 saturated heterocycles. The van der Waals surface area contributed by atoms with Gasteiger partial charge in [0.15, 0.2) is 0 Å². The zero-order valence-electron chi connectivity index (χ0n) is 21.3. The summed E-state index contributed by atoms with van der Waals surface area (Å²) in [6.45, 7) is 0. The lowest BCUT2D eigenvalue weighted by Gasteiger charge is -2.44. The quantitative estimate of drug-likeness (QED) is 0.258. The smallest absolute Gasteiger partial charge is 0.150 e. The minimum absolute atomic E-state index is 0.708. The third-order valence-electron chi connectivity index (χ3n) is 7.70. The fraction of sp³-hybridized carbons (Fsp3) is 0.0588. The van der Waals surface area contributed by atoms with Crippen LogP contribution in [0.5, 0.6) is 0 Å². The van der Waals surface area contributed by atoms with Crippen molar-refractivity contribution >= 4 is 36.0 Å². The van der Waals surface area contributed by atoms with Gasteiger partial charge in [-0.05, 0) is 41.0 Å². The Bertz CT molecular complexity index is 1810. The Morgan fingerprint density at radius 3 is 1.41 bits per heavy atom. The minimum Gasteiger partial charge on any atom is -0.375 e. The van der Waals surface area contributed by atoms with Crippen LogP contribution >= 0.6 is 22.7 Å². The molecule has 0 bridgehead atoms. The molecule has 39 heavy (non-hydrogen) atoms. The van der Waals surface area contributed by atoms with Gasteiger partial charge in [0.2, 0.25) is 0 Å². The fourth-order valence-electron chi connectivity index (χ4n) is 5.79. The van der Waals surface area contributed by atoms with Crippen LogP contribution in [0.1, 0.15) is 32.0 Å². The van der Waals surface area contributed by atoms with Crippen LogP contribution in [0, 0.1) is 0 Å². The number of thiophene rings is 2. The number of hydrogen-bond acceptors (Lipinski definition) is 4. The van der Waals surface area contributed by atoms with Gasteiger partial charge in [0.25, 0.3) is 0 Å². The summed E-state index contributed by atoms with van der Waals surface area (Å²) in [4.78, 5) is 3.85. The van der Waals surface area contributed by atoms with Crippen molar-refractivity contribution in [2.24, 2.45) is 0 Å². The monoisotopic (exact) mass is 540 g/mol. The summed E-state index contributed by atoms with van der Waals surface area (Å²) >= 11 is 3.18. The molecule has 2 heterocycles. The van der Waals surface area contributed by atoms with Crippen LogP contribution < -0.4 is 5.46 Å². The first kappa shape index (κ1) is 24.3. The van der Waals surface area contributed by atoms with Gasteiger partial charge >= 0.3 is 0 Å². The molecule has 6 aromatic rings. The molecule has 2 unspecified atom stereocenters. The van der Waals surface area contributed by atoms with Crippen molar-refractivity contribution in [2.75, 3.05) is 0 Å². The van der Waals surface area contributed by atoms with E-state index in [9.17, 15) is 10.2 Å². The van der Waals surface area contributed by atoms with Crippen LogP contribution in [0.2, 0.25) is 0 Å². The SMILES string of the molecule is Bc1ccc2c(c1)C(O)(c1ccc(-c3ccccc3)s1)c1ccccc1C2(O)c1ccc(-c2ccccc2)s1. The second-order valence-corrected chi connectivity index (χ2v) is 12.2. The lowest BCUT2D eigenvalue weighted by molar-refractivity contribution is 0.0788. The number of rotatable bonds is 4. The van der Waals surface area contributed by atoms with Crippen LogP contribution in [-0.2, 0) is 11.2 Å². The van der Waals surface area contributed by atoms with Crippen molar-refractivity contribution in [3.05, 3.63) is 159 Å². The van der Waals surface area contributed by atoms with E-state index in [1.165, 1.54) is 0 Å². The first-order valence-electron chi connectivity index (χ1n) is 13.0. The number of fused-ring (bicyclic) bond motifs is 2. The van der Waals surface area contributed by atoms with E-state index in [0.717, 1.165) is 41.7 Å². The van der Waals surface area contributed by atoms with Gasteiger partial charge in [-0.1, -0.05) is 109 Å². The summed E-state index contributed by atoms with van der Waals surface area (Å²) in [7, 11) is 2.03. The van der Waals surface area contributed by atoms with Gasteiger partial charge in [0.1, 0.15) is 19.0 Å². The van der Waals surface area contributed by atoms with E-state index in [2.05, 4.69) is 36.4 Å². The molecule has 2 N–H and O–H groups in total. The van der Waals surface area contributed by atoms with E-state index in [0.29, 0.717) is 16.7 Å². The molecule has 1 aliphatic rings. The average Bonchev–Trinajstić information content (AvgIpc) is 3.69. The molecule has 2 nitrogen and oxygen atoms in total. The molecule has 2 atom stereocenters. The molecule has 7 rings (SSSR count). The zero-order valence-corrected chi connectivity index (χ0v) is 23.0. The highest BCUT2D eigenvalue weighted by Crippen LogP contribution is 2.55.